The second-order valence-electron chi connectivity index (χ2n) is 3.00. The van der Waals surface area contributed by atoms with E-state index in [-0.39, 0.29) is 0 Å². The van der Waals surface area contributed by atoms with E-state index in [4.69, 9.17) is 5.26 Å². The van der Waals surface area contributed by atoms with Crippen LogP contribution in [0.4, 0.5) is 0 Å². The second-order valence-corrected chi connectivity index (χ2v) is 3.44. The summed E-state index contributed by atoms with van der Waals surface area (Å²) in [6.07, 6.45) is 0.757. The van der Waals surface area contributed by atoms with Gasteiger partial charge in [0.25, 0.3) is 0 Å². The van der Waals surface area contributed by atoms with Gasteiger partial charge in [-0.2, -0.15) is 5.26 Å². The lowest BCUT2D eigenvalue weighted by Crippen LogP contribution is -2.05. The van der Waals surface area contributed by atoms with Crippen LogP contribution in [0.25, 0.3) is 0 Å². The average molecular weight is 221 g/mol. The van der Waals surface area contributed by atoms with Crippen molar-refractivity contribution in [1.82, 2.24) is 0 Å². The van der Waals surface area contributed by atoms with Crippen molar-refractivity contribution in [3.8, 4) is 6.07 Å². The summed E-state index contributed by atoms with van der Waals surface area (Å²) in [5.41, 5.74) is 1.67. The van der Waals surface area contributed by atoms with Crippen LogP contribution in [0.3, 0.4) is 0 Å². The Labute approximate surface area is 94.1 Å². The third-order valence-electron chi connectivity index (χ3n) is 2.10. The van der Waals surface area contributed by atoms with Crippen molar-refractivity contribution in [3.05, 3.63) is 28.8 Å². The van der Waals surface area contributed by atoms with Crippen molar-refractivity contribution >= 4 is 18.6 Å². The van der Waals surface area contributed by atoms with Crippen LogP contribution in [0.2, 0.25) is 0 Å². The van der Waals surface area contributed by atoms with Crippen LogP contribution in [0.1, 0.15) is 28.4 Å². The topological polar surface area (TPSA) is 50.1 Å². The Balaban J connectivity index is 3.38. The number of esters is 1. The lowest BCUT2D eigenvalue weighted by Gasteiger charge is -2.07. The highest BCUT2D eigenvalue weighted by Crippen LogP contribution is 2.22. The molecule has 0 aliphatic carbocycles. The molecule has 1 aromatic carbocycles. The minimum atomic E-state index is -0.466. The third kappa shape index (κ3) is 2.31. The largest absolute Gasteiger partial charge is 0.465 e. The lowest BCUT2D eigenvalue weighted by molar-refractivity contribution is 0.0596. The summed E-state index contributed by atoms with van der Waals surface area (Å²) in [5.74, 6) is -0.466. The number of methoxy groups -OCH3 is 1. The van der Waals surface area contributed by atoms with E-state index in [0.717, 1.165) is 12.0 Å². The first-order valence-electron chi connectivity index (χ1n) is 4.48. The van der Waals surface area contributed by atoms with Crippen LogP contribution < -0.4 is 0 Å². The number of rotatable bonds is 2. The summed E-state index contributed by atoms with van der Waals surface area (Å²) in [7, 11) is 1.31. The number of carbonyl (C=O) groups is 1. The van der Waals surface area contributed by atoms with Gasteiger partial charge in [-0.05, 0) is 24.1 Å². The fourth-order valence-corrected chi connectivity index (χ4v) is 1.52. The predicted octanol–water partition coefficient (Wildman–Crippen LogP) is 2.20. The summed E-state index contributed by atoms with van der Waals surface area (Å²) in [4.78, 5) is 11.8. The summed E-state index contributed by atoms with van der Waals surface area (Å²) < 4.78 is 4.62. The molecule has 0 spiro atoms. The van der Waals surface area contributed by atoms with E-state index in [2.05, 4.69) is 17.4 Å². The molecule has 1 rings (SSSR count). The number of nitrogens with zero attached hydrogens (tertiary/aromatic N) is 1. The van der Waals surface area contributed by atoms with Gasteiger partial charge in [-0.3, -0.25) is 0 Å². The van der Waals surface area contributed by atoms with E-state index in [0.29, 0.717) is 16.0 Å². The fraction of sp³-hybridized carbons (Fsp3) is 0.273. The van der Waals surface area contributed by atoms with E-state index in [1.54, 1.807) is 12.1 Å². The summed E-state index contributed by atoms with van der Waals surface area (Å²) in [5, 5.41) is 8.87. The number of nitriles is 1. The van der Waals surface area contributed by atoms with Gasteiger partial charge in [0.15, 0.2) is 0 Å². The smallest absolute Gasteiger partial charge is 0.339 e. The molecule has 0 aliphatic rings. The average Bonchev–Trinajstić information content (AvgIpc) is 2.28. The van der Waals surface area contributed by atoms with Crippen LogP contribution >= 0.6 is 12.6 Å². The molecule has 15 heavy (non-hydrogen) atoms. The minimum absolute atomic E-state index is 0.344. The van der Waals surface area contributed by atoms with Gasteiger partial charge in [0.05, 0.1) is 18.2 Å². The Morgan fingerprint density at radius 1 is 1.60 bits per heavy atom. The zero-order valence-corrected chi connectivity index (χ0v) is 9.47. The number of carbonyl (C=O) groups excluding carboxylic acids is 1. The molecular formula is C11H11NO2S. The molecule has 4 heteroatoms. The summed E-state index contributed by atoms with van der Waals surface area (Å²) in [6, 6.07) is 5.44. The quantitative estimate of drug-likeness (QED) is 0.615. The zero-order valence-electron chi connectivity index (χ0n) is 8.57. The Kier molecular flexibility index (Phi) is 3.75. The molecule has 0 N–H and O–H groups in total. The number of aryl methyl sites for hydroxylation is 1. The molecule has 0 heterocycles. The summed E-state index contributed by atoms with van der Waals surface area (Å²) in [6.45, 7) is 1.95. The molecule has 0 radical (unpaired) electrons. The van der Waals surface area contributed by atoms with Crippen molar-refractivity contribution in [1.29, 1.82) is 5.26 Å². The molecular weight excluding hydrogens is 210 g/mol. The molecule has 0 amide bonds. The van der Waals surface area contributed by atoms with Crippen molar-refractivity contribution in [2.45, 2.75) is 18.2 Å². The van der Waals surface area contributed by atoms with Crippen LogP contribution in [0, 0.1) is 11.3 Å². The Bertz CT molecular complexity index is 435. The van der Waals surface area contributed by atoms with Crippen LogP contribution in [-0.2, 0) is 11.2 Å². The number of ether oxygens (including phenoxy) is 1. The van der Waals surface area contributed by atoms with Gasteiger partial charge in [-0.25, -0.2) is 4.79 Å². The monoisotopic (exact) mass is 221 g/mol. The van der Waals surface area contributed by atoms with E-state index < -0.39 is 5.97 Å². The summed E-state index contributed by atoms with van der Waals surface area (Å²) >= 11 is 4.15. The SMILES string of the molecule is CCc1cc(C#N)c(S)c(C(=O)OC)c1. The second kappa shape index (κ2) is 4.85. The molecule has 0 saturated carbocycles. The first-order chi connectivity index (χ1) is 7.13. The van der Waals surface area contributed by atoms with Crippen molar-refractivity contribution < 1.29 is 9.53 Å². The standard InChI is InChI=1S/C11H11NO2S/c1-3-7-4-8(6-12)10(15)9(5-7)11(13)14-2/h4-5,15H,3H2,1-2H3. The highest BCUT2D eigenvalue weighted by atomic mass is 32.1. The van der Waals surface area contributed by atoms with E-state index in [9.17, 15) is 4.79 Å². The molecule has 0 aromatic heterocycles. The van der Waals surface area contributed by atoms with Crippen LogP contribution in [0.5, 0.6) is 0 Å². The van der Waals surface area contributed by atoms with Crippen molar-refractivity contribution in [3.63, 3.8) is 0 Å². The van der Waals surface area contributed by atoms with E-state index in [1.807, 2.05) is 13.0 Å². The molecule has 1 aromatic rings. The third-order valence-corrected chi connectivity index (χ3v) is 2.59. The van der Waals surface area contributed by atoms with Crippen LogP contribution in [-0.4, -0.2) is 13.1 Å². The van der Waals surface area contributed by atoms with Gasteiger partial charge >= 0.3 is 5.97 Å². The Hall–Kier alpha value is -1.47. The molecule has 78 valence electrons. The molecule has 0 atom stereocenters. The van der Waals surface area contributed by atoms with Gasteiger partial charge < -0.3 is 4.74 Å². The fourth-order valence-electron chi connectivity index (χ4n) is 1.25. The maximum absolute atomic E-state index is 11.4. The highest BCUT2D eigenvalue weighted by molar-refractivity contribution is 7.80. The molecule has 0 saturated heterocycles. The number of thiol groups is 1. The van der Waals surface area contributed by atoms with Gasteiger partial charge in [0.2, 0.25) is 0 Å². The number of hydrogen-bond donors (Lipinski definition) is 1. The molecule has 3 nitrogen and oxygen atoms in total. The Morgan fingerprint density at radius 2 is 2.27 bits per heavy atom. The van der Waals surface area contributed by atoms with Gasteiger partial charge in [0, 0.05) is 4.90 Å². The van der Waals surface area contributed by atoms with Gasteiger partial charge in [0.1, 0.15) is 6.07 Å². The van der Waals surface area contributed by atoms with Crippen LogP contribution in [0.15, 0.2) is 17.0 Å². The first kappa shape index (κ1) is 11.6. The molecule has 0 bridgehead atoms. The predicted molar refractivity (Wildman–Crippen MR) is 59.1 cm³/mol. The minimum Gasteiger partial charge on any atom is -0.465 e. The Morgan fingerprint density at radius 3 is 2.73 bits per heavy atom. The lowest BCUT2D eigenvalue weighted by atomic mass is 10.0. The van der Waals surface area contributed by atoms with Crippen molar-refractivity contribution in [2.24, 2.45) is 0 Å². The molecule has 0 fully saturated rings. The maximum atomic E-state index is 11.4. The normalized spacial score (nSPS) is 9.47. The maximum Gasteiger partial charge on any atom is 0.339 e. The van der Waals surface area contributed by atoms with Crippen molar-refractivity contribution in [2.75, 3.05) is 7.11 Å². The van der Waals surface area contributed by atoms with Gasteiger partial charge in [-0.1, -0.05) is 6.92 Å². The molecule has 0 unspecified atom stereocenters. The van der Waals surface area contributed by atoms with E-state index in [1.165, 1.54) is 7.11 Å². The highest BCUT2D eigenvalue weighted by Gasteiger charge is 2.14. The number of benzene rings is 1. The zero-order chi connectivity index (χ0) is 11.4. The molecule has 0 aliphatic heterocycles. The number of hydrogen-bond acceptors (Lipinski definition) is 4. The first-order valence-corrected chi connectivity index (χ1v) is 4.93. The van der Waals surface area contributed by atoms with Gasteiger partial charge in [-0.15, -0.1) is 12.6 Å². The van der Waals surface area contributed by atoms with E-state index >= 15 is 0 Å².